The molecule has 31 heavy (non-hydrogen) atoms. The summed E-state index contributed by atoms with van der Waals surface area (Å²) >= 11 is 0. The van der Waals surface area contributed by atoms with Gasteiger partial charge in [-0.05, 0) is 73.1 Å². The highest BCUT2D eigenvalue weighted by Gasteiger charge is 2.35. The van der Waals surface area contributed by atoms with Gasteiger partial charge >= 0.3 is 0 Å². The fraction of sp³-hybridized carbons (Fsp3) is 0.567. The molecular formula is C30H41N. The zero-order chi connectivity index (χ0) is 21.9. The molecular weight excluding hydrogens is 374 g/mol. The van der Waals surface area contributed by atoms with Crippen molar-refractivity contribution in [2.24, 2.45) is 5.41 Å². The van der Waals surface area contributed by atoms with Crippen LogP contribution in [0.2, 0.25) is 0 Å². The van der Waals surface area contributed by atoms with E-state index in [1.165, 1.54) is 73.6 Å². The molecule has 0 saturated heterocycles. The Morgan fingerprint density at radius 2 is 1.35 bits per heavy atom. The van der Waals surface area contributed by atoms with Crippen LogP contribution in [0.4, 0.5) is 0 Å². The minimum atomic E-state index is -0.0517. The van der Waals surface area contributed by atoms with Crippen LogP contribution in [-0.2, 0) is 6.42 Å². The minimum absolute atomic E-state index is 0.0517. The van der Waals surface area contributed by atoms with Crippen molar-refractivity contribution in [2.45, 2.75) is 103 Å². The summed E-state index contributed by atoms with van der Waals surface area (Å²) in [5.41, 5.74) is 5.48. The predicted octanol–water partition coefficient (Wildman–Crippen LogP) is 9.22. The summed E-state index contributed by atoms with van der Waals surface area (Å²) in [6.07, 6.45) is 15.7. The first kappa shape index (κ1) is 23.6. The fourth-order valence-corrected chi connectivity index (χ4v) is 5.20. The number of nitriles is 1. The second-order valence-corrected chi connectivity index (χ2v) is 9.75. The van der Waals surface area contributed by atoms with Crippen molar-refractivity contribution in [1.29, 1.82) is 5.26 Å². The lowest BCUT2D eigenvalue weighted by Gasteiger charge is -2.35. The maximum Gasteiger partial charge on any atom is 0.0689 e. The number of hydrogen-bond acceptors (Lipinski definition) is 1. The van der Waals surface area contributed by atoms with Crippen molar-refractivity contribution in [3.05, 3.63) is 59.7 Å². The maximum absolute atomic E-state index is 9.80. The van der Waals surface area contributed by atoms with Crippen molar-refractivity contribution >= 4 is 0 Å². The van der Waals surface area contributed by atoms with E-state index in [1.54, 1.807) is 0 Å². The Bertz CT molecular complexity index is 801. The van der Waals surface area contributed by atoms with E-state index in [0.717, 1.165) is 32.1 Å². The molecule has 1 saturated carbocycles. The van der Waals surface area contributed by atoms with E-state index >= 15 is 0 Å². The van der Waals surface area contributed by atoms with Crippen LogP contribution >= 0.6 is 0 Å². The van der Waals surface area contributed by atoms with E-state index < -0.39 is 0 Å². The lowest BCUT2D eigenvalue weighted by molar-refractivity contribution is 0.223. The summed E-state index contributed by atoms with van der Waals surface area (Å²) in [7, 11) is 0. The lowest BCUT2D eigenvalue weighted by atomic mass is 9.67. The molecule has 0 atom stereocenters. The van der Waals surface area contributed by atoms with Crippen LogP contribution in [0.25, 0.3) is 11.1 Å². The molecule has 1 aliphatic rings. The number of aryl methyl sites for hydroxylation is 1. The molecule has 0 aromatic heterocycles. The summed E-state index contributed by atoms with van der Waals surface area (Å²) in [6, 6.07) is 21.1. The molecule has 0 heterocycles. The zero-order valence-electron chi connectivity index (χ0n) is 19.8. The van der Waals surface area contributed by atoms with Crippen LogP contribution in [-0.4, -0.2) is 0 Å². The van der Waals surface area contributed by atoms with Gasteiger partial charge in [-0.3, -0.25) is 0 Å². The standard InChI is InChI=1S/C30H41N/c1-3-5-7-8-10-25-11-13-26(14-12-25)27-15-17-28(18-16-27)29-19-22-30(24-31,23-20-29)21-9-6-4-2/h11-18,29H,3-10,19-23H2,1-2H3. The quantitative estimate of drug-likeness (QED) is 0.335. The average Bonchev–Trinajstić information content (AvgIpc) is 2.83. The van der Waals surface area contributed by atoms with Crippen LogP contribution in [0.3, 0.4) is 0 Å². The van der Waals surface area contributed by atoms with Crippen LogP contribution in [0, 0.1) is 16.7 Å². The third kappa shape index (κ3) is 6.70. The Hall–Kier alpha value is -2.07. The summed E-state index contributed by atoms with van der Waals surface area (Å²) in [5.74, 6) is 0.618. The number of nitrogens with zero attached hydrogens (tertiary/aromatic N) is 1. The molecule has 0 N–H and O–H groups in total. The molecule has 0 bridgehead atoms. The van der Waals surface area contributed by atoms with Gasteiger partial charge in [-0.25, -0.2) is 0 Å². The monoisotopic (exact) mass is 415 g/mol. The Labute approximate surface area is 190 Å². The topological polar surface area (TPSA) is 23.8 Å². The fourth-order valence-electron chi connectivity index (χ4n) is 5.20. The Morgan fingerprint density at radius 3 is 1.94 bits per heavy atom. The minimum Gasteiger partial charge on any atom is -0.198 e. The molecule has 0 unspecified atom stereocenters. The van der Waals surface area contributed by atoms with Gasteiger partial charge < -0.3 is 0 Å². The first-order chi connectivity index (χ1) is 15.2. The molecule has 3 rings (SSSR count). The van der Waals surface area contributed by atoms with Gasteiger partial charge in [0, 0.05) is 0 Å². The maximum atomic E-state index is 9.80. The summed E-state index contributed by atoms with van der Waals surface area (Å²) in [6.45, 7) is 4.51. The first-order valence-electron chi connectivity index (χ1n) is 12.8. The van der Waals surface area contributed by atoms with Crippen LogP contribution < -0.4 is 0 Å². The molecule has 2 aromatic carbocycles. The van der Waals surface area contributed by atoms with Crippen molar-refractivity contribution in [1.82, 2.24) is 0 Å². The molecule has 166 valence electrons. The highest BCUT2D eigenvalue weighted by molar-refractivity contribution is 5.64. The molecule has 0 aliphatic heterocycles. The summed E-state index contributed by atoms with van der Waals surface area (Å²) < 4.78 is 0. The predicted molar refractivity (Wildman–Crippen MR) is 133 cm³/mol. The lowest BCUT2D eigenvalue weighted by Crippen LogP contribution is -2.25. The largest absolute Gasteiger partial charge is 0.198 e. The third-order valence-electron chi connectivity index (χ3n) is 7.43. The average molecular weight is 416 g/mol. The van der Waals surface area contributed by atoms with E-state index in [2.05, 4.69) is 68.4 Å². The van der Waals surface area contributed by atoms with Crippen molar-refractivity contribution in [2.75, 3.05) is 0 Å². The number of hydrogen-bond donors (Lipinski definition) is 0. The Balaban J connectivity index is 1.54. The molecule has 1 heteroatoms. The van der Waals surface area contributed by atoms with Gasteiger partial charge in [-0.2, -0.15) is 5.26 Å². The van der Waals surface area contributed by atoms with E-state index in [1.807, 2.05) is 0 Å². The molecule has 1 fully saturated rings. The van der Waals surface area contributed by atoms with E-state index in [9.17, 15) is 5.26 Å². The zero-order valence-corrected chi connectivity index (χ0v) is 19.8. The first-order valence-corrected chi connectivity index (χ1v) is 12.8. The Morgan fingerprint density at radius 1 is 0.774 bits per heavy atom. The molecule has 0 spiro atoms. The summed E-state index contributed by atoms with van der Waals surface area (Å²) in [4.78, 5) is 0. The molecule has 0 amide bonds. The highest BCUT2D eigenvalue weighted by atomic mass is 14.4. The number of rotatable bonds is 11. The van der Waals surface area contributed by atoms with Gasteiger partial charge in [0.2, 0.25) is 0 Å². The van der Waals surface area contributed by atoms with Gasteiger partial charge in [0.05, 0.1) is 11.5 Å². The van der Waals surface area contributed by atoms with Gasteiger partial charge in [0.1, 0.15) is 0 Å². The van der Waals surface area contributed by atoms with Crippen LogP contribution in [0.5, 0.6) is 0 Å². The smallest absolute Gasteiger partial charge is 0.0689 e. The Kier molecular flexibility index (Phi) is 9.20. The van der Waals surface area contributed by atoms with Gasteiger partial charge in [0.15, 0.2) is 0 Å². The van der Waals surface area contributed by atoms with Gasteiger partial charge in [0.25, 0.3) is 0 Å². The second-order valence-electron chi connectivity index (χ2n) is 9.75. The SMILES string of the molecule is CCCCCCc1ccc(-c2ccc(C3CCC(C#N)(CCCCC)CC3)cc2)cc1. The normalized spacial score (nSPS) is 21.0. The van der Waals surface area contributed by atoms with E-state index in [0.29, 0.717) is 5.92 Å². The highest BCUT2D eigenvalue weighted by Crippen LogP contribution is 2.45. The van der Waals surface area contributed by atoms with Crippen molar-refractivity contribution in [3.63, 3.8) is 0 Å². The number of unbranched alkanes of at least 4 members (excludes halogenated alkanes) is 5. The summed E-state index contributed by atoms with van der Waals surface area (Å²) in [5, 5.41) is 9.80. The van der Waals surface area contributed by atoms with Crippen LogP contribution in [0.1, 0.15) is 108 Å². The molecule has 2 aromatic rings. The van der Waals surface area contributed by atoms with Crippen LogP contribution in [0.15, 0.2) is 48.5 Å². The molecule has 1 nitrogen and oxygen atoms in total. The van der Waals surface area contributed by atoms with Gasteiger partial charge in [-0.1, -0.05) is 101 Å². The van der Waals surface area contributed by atoms with Crippen molar-refractivity contribution < 1.29 is 0 Å². The van der Waals surface area contributed by atoms with E-state index in [-0.39, 0.29) is 5.41 Å². The number of benzene rings is 2. The molecule has 0 radical (unpaired) electrons. The van der Waals surface area contributed by atoms with E-state index in [4.69, 9.17) is 0 Å². The second kappa shape index (κ2) is 12.1. The van der Waals surface area contributed by atoms with Crippen molar-refractivity contribution in [3.8, 4) is 17.2 Å². The molecule has 1 aliphatic carbocycles. The van der Waals surface area contributed by atoms with Gasteiger partial charge in [-0.15, -0.1) is 0 Å². The third-order valence-corrected chi connectivity index (χ3v) is 7.43.